The summed E-state index contributed by atoms with van der Waals surface area (Å²) in [7, 11) is 0. The molecule has 1 N–H and O–H groups in total. The normalized spacial score (nSPS) is 14.3. The van der Waals surface area contributed by atoms with Crippen molar-refractivity contribution in [1.29, 1.82) is 5.26 Å². The number of hydrogen-bond donors (Lipinski definition) is 1. The van der Waals surface area contributed by atoms with Gasteiger partial charge in [-0.15, -0.1) is 11.3 Å². The van der Waals surface area contributed by atoms with E-state index in [4.69, 9.17) is 11.6 Å². The monoisotopic (exact) mass is 344 g/mol. The predicted molar refractivity (Wildman–Crippen MR) is 94.3 cm³/mol. The number of rotatable bonds is 2. The van der Waals surface area contributed by atoms with Gasteiger partial charge in [0.15, 0.2) is 0 Å². The van der Waals surface area contributed by atoms with Crippen molar-refractivity contribution in [2.45, 2.75) is 38.5 Å². The van der Waals surface area contributed by atoms with Crippen LogP contribution < -0.4 is 5.32 Å². The van der Waals surface area contributed by atoms with Gasteiger partial charge in [-0.05, 0) is 49.4 Å². The van der Waals surface area contributed by atoms with Crippen LogP contribution in [0.1, 0.15) is 52.0 Å². The van der Waals surface area contributed by atoms with Crippen LogP contribution in [0.2, 0.25) is 5.02 Å². The van der Waals surface area contributed by atoms with Crippen LogP contribution in [0.25, 0.3) is 0 Å². The van der Waals surface area contributed by atoms with Crippen LogP contribution in [0, 0.1) is 11.3 Å². The molecule has 1 heterocycles. The van der Waals surface area contributed by atoms with Gasteiger partial charge in [-0.3, -0.25) is 4.79 Å². The number of thiophene rings is 1. The molecule has 3 nitrogen and oxygen atoms in total. The number of nitrogens with one attached hydrogen (secondary N) is 1. The Balaban J connectivity index is 1.89. The number of hydrogen-bond acceptors (Lipinski definition) is 3. The van der Waals surface area contributed by atoms with E-state index < -0.39 is 0 Å². The second-order valence-corrected chi connectivity index (χ2v) is 7.24. The van der Waals surface area contributed by atoms with Crippen molar-refractivity contribution < 1.29 is 4.79 Å². The summed E-state index contributed by atoms with van der Waals surface area (Å²) >= 11 is 7.49. The maximum absolute atomic E-state index is 12.4. The van der Waals surface area contributed by atoms with Gasteiger partial charge in [-0.2, -0.15) is 5.26 Å². The lowest BCUT2D eigenvalue weighted by Crippen LogP contribution is -2.11. The van der Waals surface area contributed by atoms with Crippen LogP contribution >= 0.6 is 22.9 Å². The predicted octanol–water partition coefficient (Wildman–Crippen LogP) is 5.18. The van der Waals surface area contributed by atoms with Crippen molar-refractivity contribution in [3.8, 4) is 6.07 Å². The number of carbonyl (C=O) groups excluding carboxylic acids is 1. The van der Waals surface area contributed by atoms with Crippen LogP contribution in [-0.4, -0.2) is 5.91 Å². The highest BCUT2D eigenvalue weighted by Crippen LogP contribution is 2.36. The van der Waals surface area contributed by atoms with Gasteiger partial charge in [0, 0.05) is 15.5 Å². The summed E-state index contributed by atoms with van der Waals surface area (Å²) in [5.74, 6) is -0.224. The lowest BCUT2D eigenvalue weighted by molar-refractivity contribution is 0.102. The van der Waals surface area contributed by atoms with Gasteiger partial charge in [0.1, 0.15) is 11.1 Å². The number of amides is 1. The van der Waals surface area contributed by atoms with E-state index in [9.17, 15) is 10.1 Å². The van der Waals surface area contributed by atoms with Crippen molar-refractivity contribution in [3.63, 3.8) is 0 Å². The molecule has 5 heteroatoms. The second kappa shape index (κ2) is 7.16. The van der Waals surface area contributed by atoms with Crippen LogP contribution in [-0.2, 0) is 12.8 Å². The largest absolute Gasteiger partial charge is 0.312 e. The zero-order valence-corrected chi connectivity index (χ0v) is 14.3. The molecule has 0 bridgehead atoms. The average Bonchev–Trinajstić information content (AvgIpc) is 2.83. The Morgan fingerprint density at radius 2 is 2.00 bits per heavy atom. The van der Waals surface area contributed by atoms with Gasteiger partial charge in [0.25, 0.3) is 5.91 Å². The Morgan fingerprint density at radius 1 is 1.22 bits per heavy atom. The third-order valence-electron chi connectivity index (χ3n) is 4.10. The molecule has 3 rings (SSSR count). The van der Waals surface area contributed by atoms with Crippen LogP contribution in [0.15, 0.2) is 24.3 Å². The Kier molecular flexibility index (Phi) is 5.00. The fourth-order valence-corrected chi connectivity index (χ4v) is 4.36. The minimum absolute atomic E-state index is 0.224. The molecule has 1 aromatic carbocycles. The number of carbonyl (C=O) groups is 1. The van der Waals surface area contributed by atoms with E-state index in [1.54, 1.807) is 35.6 Å². The summed E-state index contributed by atoms with van der Waals surface area (Å²) < 4.78 is 0. The zero-order chi connectivity index (χ0) is 16.2. The number of nitrogens with zero attached hydrogens (tertiary/aromatic N) is 1. The number of benzene rings is 1. The van der Waals surface area contributed by atoms with Crippen molar-refractivity contribution in [3.05, 3.63) is 50.9 Å². The Morgan fingerprint density at radius 3 is 2.74 bits per heavy atom. The third-order valence-corrected chi connectivity index (χ3v) is 5.54. The van der Waals surface area contributed by atoms with Crippen molar-refractivity contribution in [2.75, 3.05) is 5.32 Å². The topological polar surface area (TPSA) is 52.9 Å². The molecule has 23 heavy (non-hydrogen) atoms. The molecule has 0 saturated heterocycles. The molecular weight excluding hydrogens is 328 g/mol. The average molecular weight is 345 g/mol. The molecule has 0 fully saturated rings. The van der Waals surface area contributed by atoms with Gasteiger partial charge < -0.3 is 5.32 Å². The van der Waals surface area contributed by atoms with E-state index >= 15 is 0 Å². The smallest absolute Gasteiger partial charge is 0.256 e. The quantitative estimate of drug-likeness (QED) is 0.815. The molecule has 0 unspecified atom stereocenters. The molecule has 1 aromatic heterocycles. The number of fused-ring (bicyclic) bond motifs is 1. The summed E-state index contributed by atoms with van der Waals surface area (Å²) in [5, 5.41) is 13.6. The van der Waals surface area contributed by atoms with E-state index in [0.29, 0.717) is 21.2 Å². The van der Waals surface area contributed by atoms with E-state index in [1.807, 2.05) is 0 Å². The Labute approximate surface area is 144 Å². The Bertz CT molecular complexity index is 776. The van der Waals surface area contributed by atoms with E-state index in [1.165, 1.54) is 17.7 Å². The molecule has 1 amide bonds. The van der Waals surface area contributed by atoms with Gasteiger partial charge in [-0.25, -0.2) is 0 Å². The Hall–Kier alpha value is -1.83. The van der Waals surface area contributed by atoms with E-state index in [0.717, 1.165) is 31.2 Å². The summed E-state index contributed by atoms with van der Waals surface area (Å²) in [6.07, 6.45) is 6.65. The first-order valence-corrected chi connectivity index (χ1v) is 9.00. The fraction of sp³-hybridized carbons (Fsp3) is 0.333. The standard InChI is InChI=1S/C18H17ClN2OS/c19-13-7-5-6-12(10-13)17(22)21-18-15(11-20)14-8-3-1-2-4-9-16(14)23-18/h5-7,10H,1-4,8-9H2,(H,21,22). The van der Waals surface area contributed by atoms with Crippen LogP contribution in [0.5, 0.6) is 0 Å². The first-order valence-electron chi connectivity index (χ1n) is 7.80. The minimum Gasteiger partial charge on any atom is -0.312 e. The molecule has 1 aliphatic rings. The summed E-state index contributed by atoms with van der Waals surface area (Å²) in [5.41, 5.74) is 2.28. The minimum atomic E-state index is -0.224. The third kappa shape index (κ3) is 3.57. The maximum Gasteiger partial charge on any atom is 0.256 e. The van der Waals surface area contributed by atoms with Crippen molar-refractivity contribution in [2.24, 2.45) is 0 Å². The lowest BCUT2D eigenvalue weighted by atomic mass is 9.97. The van der Waals surface area contributed by atoms with Crippen molar-refractivity contribution >= 4 is 33.8 Å². The molecule has 118 valence electrons. The SMILES string of the molecule is N#Cc1c(NC(=O)c2cccc(Cl)c2)sc2c1CCCCCC2. The molecule has 2 aromatic rings. The number of aryl methyl sites for hydroxylation is 1. The second-order valence-electron chi connectivity index (χ2n) is 5.70. The zero-order valence-electron chi connectivity index (χ0n) is 12.7. The van der Waals surface area contributed by atoms with E-state index in [-0.39, 0.29) is 5.91 Å². The lowest BCUT2D eigenvalue weighted by Gasteiger charge is -2.08. The summed E-state index contributed by atoms with van der Waals surface area (Å²) in [4.78, 5) is 13.7. The molecule has 0 atom stereocenters. The van der Waals surface area contributed by atoms with Gasteiger partial charge in [0.05, 0.1) is 5.56 Å². The van der Waals surface area contributed by atoms with Crippen LogP contribution in [0.3, 0.4) is 0 Å². The first kappa shape index (κ1) is 16.0. The molecule has 0 radical (unpaired) electrons. The highest BCUT2D eigenvalue weighted by atomic mass is 35.5. The van der Waals surface area contributed by atoms with E-state index in [2.05, 4.69) is 11.4 Å². The van der Waals surface area contributed by atoms with Gasteiger partial charge in [0.2, 0.25) is 0 Å². The first-order chi connectivity index (χ1) is 11.2. The van der Waals surface area contributed by atoms with Gasteiger partial charge >= 0.3 is 0 Å². The molecule has 1 aliphatic carbocycles. The van der Waals surface area contributed by atoms with Crippen molar-refractivity contribution in [1.82, 2.24) is 0 Å². The molecule has 0 spiro atoms. The highest BCUT2D eigenvalue weighted by molar-refractivity contribution is 7.16. The number of anilines is 1. The summed E-state index contributed by atoms with van der Waals surface area (Å²) in [6.45, 7) is 0. The molecule has 0 aliphatic heterocycles. The maximum atomic E-state index is 12.4. The number of halogens is 1. The van der Waals surface area contributed by atoms with Crippen LogP contribution in [0.4, 0.5) is 5.00 Å². The molecule has 0 saturated carbocycles. The fourth-order valence-electron chi connectivity index (χ4n) is 2.93. The highest BCUT2D eigenvalue weighted by Gasteiger charge is 2.20. The summed E-state index contributed by atoms with van der Waals surface area (Å²) in [6, 6.07) is 9.12. The molecular formula is C18H17ClN2OS. The number of nitriles is 1. The van der Waals surface area contributed by atoms with Gasteiger partial charge in [-0.1, -0.05) is 30.5 Å².